The van der Waals surface area contributed by atoms with Crippen LogP contribution in [0, 0.1) is 0 Å². The van der Waals surface area contributed by atoms with E-state index in [0.29, 0.717) is 0 Å². The van der Waals surface area contributed by atoms with Crippen molar-refractivity contribution in [2.24, 2.45) is 0 Å². The zero-order chi connectivity index (χ0) is 19.3. The van der Waals surface area contributed by atoms with Gasteiger partial charge in [0.15, 0.2) is 6.10 Å². The highest BCUT2D eigenvalue weighted by atomic mass is 16.5. The zero-order valence-electron chi connectivity index (χ0n) is 16.3. The highest BCUT2D eigenvalue weighted by molar-refractivity contribution is 5.84. The van der Waals surface area contributed by atoms with Crippen LogP contribution in [0.4, 0.5) is 0 Å². The Morgan fingerprint density at radius 1 is 0.893 bits per heavy atom. The summed E-state index contributed by atoms with van der Waals surface area (Å²) in [6, 6.07) is 24.6. The van der Waals surface area contributed by atoms with Crippen LogP contribution in [0.15, 0.2) is 72.8 Å². The molecule has 4 nitrogen and oxygen atoms in total. The first kappa shape index (κ1) is 18.5. The van der Waals surface area contributed by atoms with E-state index in [1.165, 1.54) is 10.9 Å². The lowest BCUT2D eigenvalue weighted by atomic mass is 10.1. The van der Waals surface area contributed by atoms with Crippen molar-refractivity contribution in [3.8, 4) is 5.75 Å². The van der Waals surface area contributed by atoms with Crippen LogP contribution in [0.2, 0.25) is 0 Å². The van der Waals surface area contributed by atoms with Crippen molar-refractivity contribution in [2.45, 2.75) is 19.6 Å². The molecule has 1 atom stereocenters. The van der Waals surface area contributed by atoms with Gasteiger partial charge < -0.3 is 9.64 Å². The highest BCUT2D eigenvalue weighted by Gasteiger charge is 2.26. The van der Waals surface area contributed by atoms with E-state index >= 15 is 0 Å². The molecule has 0 unspecified atom stereocenters. The van der Waals surface area contributed by atoms with Gasteiger partial charge in [-0.25, -0.2) is 0 Å². The van der Waals surface area contributed by atoms with E-state index in [-0.39, 0.29) is 5.91 Å². The Morgan fingerprint density at radius 3 is 2.32 bits per heavy atom. The van der Waals surface area contributed by atoms with Crippen molar-refractivity contribution >= 4 is 16.7 Å². The van der Waals surface area contributed by atoms with Crippen LogP contribution in [0.5, 0.6) is 5.75 Å². The minimum Gasteiger partial charge on any atom is -0.481 e. The maximum atomic E-state index is 12.8. The van der Waals surface area contributed by atoms with Crippen molar-refractivity contribution in [3.05, 3.63) is 78.4 Å². The number of hydrogen-bond acceptors (Lipinski definition) is 3. The molecule has 1 aliphatic heterocycles. The summed E-state index contributed by atoms with van der Waals surface area (Å²) in [7, 11) is 0. The average Bonchev–Trinajstić information content (AvgIpc) is 2.74. The quantitative estimate of drug-likeness (QED) is 0.678. The summed E-state index contributed by atoms with van der Waals surface area (Å²) < 4.78 is 5.96. The molecule has 3 aromatic rings. The second-order valence-electron chi connectivity index (χ2n) is 7.36. The first-order valence-electron chi connectivity index (χ1n) is 9.89. The maximum Gasteiger partial charge on any atom is 0.263 e. The molecule has 0 aromatic heterocycles. The van der Waals surface area contributed by atoms with Gasteiger partial charge in [-0.1, -0.05) is 60.7 Å². The van der Waals surface area contributed by atoms with Gasteiger partial charge in [-0.05, 0) is 35.4 Å². The van der Waals surface area contributed by atoms with Crippen molar-refractivity contribution in [3.63, 3.8) is 0 Å². The number of ether oxygens (including phenoxy) is 1. The van der Waals surface area contributed by atoms with Crippen molar-refractivity contribution in [2.75, 3.05) is 26.2 Å². The molecular formula is C24H26N2O2. The molecule has 0 bridgehead atoms. The number of fused-ring (bicyclic) bond motifs is 1. The normalized spacial score (nSPS) is 16.1. The molecular weight excluding hydrogens is 348 g/mol. The van der Waals surface area contributed by atoms with Gasteiger partial charge in [0, 0.05) is 32.7 Å². The largest absolute Gasteiger partial charge is 0.481 e. The molecule has 3 aromatic carbocycles. The lowest BCUT2D eigenvalue weighted by molar-refractivity contribution is -0.139. The Balaban J connectivity index is 1.31. The van der Waals surface area contributed by atoms with Crippen molar-refractivity contribution in [1.29, 1.82) is 0 Å². The summed E-state index contributed by atoms with van der Waals surface area (Å²) >= 11 is 0. The highest BCUT2D eigenvalue weighted by Crippen LogP contribution is 2.22. The Bertz CT molecular complexity index is 934. The van der Waals surface area contributed by atoms with E-state index in [1.807, 2.05) is 48.2 Å². The predicted octanol–water partition coefficient (Wildman–Crippen LogP) is 3.95. The summed E-state index contributed by atoms with van der Waals surface area (Å²) in [6.45, 7) is 6.06. The van der Waals surface area contributed by atoms with Crippen LogP contribution in [0.1, 0.15) is 12.5 Å². The van der Waals surface area contributed by atoms with Crippen LogP contribution in [0.3, 0.4) is 0 Å². The van der Waals surface area contributed by atoms with E-state index in [9.17, 15) is 4.79 Å². The number of benzene rings is 3. The number of hydrogen-bond donors (Lipinski definition) is 0. The molecule has 1 saturated heterocycles. The minimum atomic E-state index is -0.484. The molecule has 0 saturated carbocycles. The second-order valence-corrected chi connectivity index (χ2v) is 7.36. The topological polar surface area (TPSA) is 32.8 Å². The molecule has 1 heterocycles. The average molecular weight is 374 g/mol. The molecule has 1 amide bonds. The summed E-state index contributed by atoms with van der Waals surface area (Å²) in [6.07, 6.45) is -0.484. The minimum absolute atomic E-state index is 0.0625. The fourth-order valence-corrected chi connectivity index (χ4v) is 3.72. The maximum absolute atomic E-state index is 12.8. The van der Waals surface area contributed by atoms with Gasteiger partial charge >= 0.3 is 0 Å². The Hall–Kier alpha value is -2.85. The third kappa shape index (κ3) is 4.34. The molecule has 0 aliphatic carbocycles. The zero-order valence-corrected chi connectivity index (χ0v) is 16.3. The first-order chi connectivity index (χ1) is 13.7. The standard InChI is InChI=1S/C24H26N2O2/c1-19(28-23-12-11-21-9-5-6-10-22(21)17-23)24(27)26-15-13-25(14-16-26)18-20-7-3-2-4-8-20/h2-12,17,19H,13-16,18H2,1H3/t19-/m0/s1. The third-order valence-electron chi connectivity index (χ3n) is 5.31. The van der Waals surface area contributed by atoms with Crippen molar-refractivity contribution in [1.82, 2.24) is 9.80 Å². The number of nitrogens with zero attached hydrogens (tertiary/aromatic N) is 2. The number of carbonyl (C=O) groups is 1. The Labute approximate surface area is 166 Å². The number of rotatable bonds is 5. The second kappa shape index (κ2) is 8.44. The lowest BCUT2D eigenvalue weighted by Gasteiger charge is -2.35. The monoisotopic (exact) mass is 374 g/mol. The number of carbonyl (C=O) groups excluding carboxylic acids is 1. The fourth-order valence-electron chi connectivity index (χ4n) is 3.72. The molecule has 1 fully saturated rings. The van der Waals surface area contributed by atoms with Gasteiger partial charge in [-0.15, -0.1) is 0 Å². The molecule has 28 heavy (non-hydrogen) atoms. The first-order valence-corrected chi connectivity index (χ1v) is 9.89. The molecule has 4 heteroatoms. The fraction of sp³-hybridized carbons (Fsp3) is 0.292. The number of amides is 1. The van der Waals surface area contributed by atoms with E-state index in [4.69, 9.17) is 4.74 Å². The van der Waals surface area contributed by atoms with E-state index in [2.05, 4.69) is 41.3 Å². The summed E-state index contributed by atoms with van der Waals surface area (Å²) in [4.78, 5) is 17.1. The van der Waals surface area contributed by atoms with Crippen LogP contribution in [0.25, 0.3) is 10.8 Å². The molecule has 0 N–H and O–H groups in total. The van der Waals surface area contributed by atoms with Gasteiger partial charge in [-0.3, -0.25) is 9.69 Å². The van der Waals surface area contributed by atoms with Gasteiger partial charge in [-0.2, -0.15) is 0 Å². The molecule has 144 valence electrons. The summed E-state index contributed by atoms with van der Waals surface area (Å²) in [5, 5.41) is 2.29. The Kier molecular flexibility index (Phi) is 5.58. The van der Waals surface area contributed by atoms with Crippen LogP contribution < -0.4 is 4.74 Å². The smallest absolute Gasteiger partial charge is 0.263 e. The van der Waals surface area contributed by atoms with E-state index in [1.54, 1.807) is 0 Å². The van der Waals surface area contributed by atoms with Crippen LogP contribution in [-0.2, 0) is 11.3 Å². The predicted molar refractivity (Wildman–Crippen MR) is 112 cm³/mol. The van der Waals surface area contributed by atoms with Gasteiger partial charge in [0.25, 0.3) is 5.91 Å². The van der Waals surface area contributed by atoms with E-state index < -0.39 is 6.10 Å². The molecule has 4 rings (SSSR count). The molecule has 0 radical (unpaired) electrons. The lowest BCUT2D eigenvalue weighted by Crippen LogP contribution is -2.51. The number of piperazine rings is 1. The van der Waals surface area contributed by atoms with Gasteiger partial charge in [0.1, 0.15) is 5.75 Å². The third-order valence-corrected chi connectivity index (χ3v) is 5.31. The molecule has 1 aliphatic rings. The van der Waals surface area contributed by atoms with E-state index in [0.717, 1.165) is 43.9 Å². The van der Waals surface area contributed by atoms with Crippen LogP contribution in [-0.4, -0.2) is 48.0 Å². The van der Waals surface area contributed by atoms with Crippen LogP contribution >= 0.6 is 0 Å². The molecule has 0 spiro atoms. The summed E-state index contributed by atoms with van der Waals surface area (Å²) in [5.74, 6) is 0.801. The van der Waals surface area contributed by atoms with Crippen molar-refractivity contribution < 1.29 is 9.53 Å². The van der Waals surface area contributed by atoms with Gasteiger partial charge in [0.2, 0.25) is 0 Å². The Morgan fingerprint density at radius 2 is 1.57 bits per heavy atom. The summed E-state index contributed by atoms with van der Waals surface area (Å²) in [5.41, 5.74) is 1.32. The SMILES string of the molecule is C[C@H](Oc1ccc2ccccc2c1)C(=O)N1CCN(Cc2ccccc2)CC1. The van der Waals surface area contributed by atoms with Gasteiger partial charge in [0.05, 0.1) is 0 Å².